The molecule has 0 saturated heterocycles. The van der Waals surface area contributed by atoms with E-state index in [9.17, 15) is 22.8 Å². The van der Waals surface area contributed by atoms with Gasteiger partial charge in [-0.3, -0.25) is 14.3 Å². The van der Waals surface area contributed by atoms with Gasteiger partial charge in [0.05, 0.1) is 16.9 Å². The number of hydrogen-bond acceptors (Lipinski definition) is 2. The van der Waals surface area contributed by atoms with Gasteiger partial charge >= 0.3 is 6.18 Å². The van der Waals surface area contributed by atoms with Gasteiger partial charge in [0.25, 0.3) is 5.56 Å². The maximum Gasteiger partial charge on any atom is 0.416 e. The molecule has 5 nitrogen and oxygen atoms in total. The van der Waals surface area contributed by atoms with Crippen molar-refractivity contribution in [1.82, 2.24) is 9.36 Å². The van der Waals surface area contributed by atoms with Crippen molar-refractivity contribution in [3.05, 3.63) is 86.8 Å². The highest BCUT2D eigenvalue weighted by Crippen LogP contribution is 2.32. The number of anilines is 1. The topological polar surface area (TPSA) is 56.0 Å². The lowest BCUT2D eigenvalue weighted by Gasteiger charge is -2.08. The predicted molar refractivity (Wildman–Crippen MR) is 110 cm³/mol. The molecule has 0 aliphatic carbocycles. The Morgan fingerprint density at radius 1 is 1.13 bits per heavy atom. The van der Waals surface area contributed by atoms with Gasteiger partial charge in [-0.15, -0.1) is 0 Å². The second kappa shape index (κ2) is 8.23. The van der Waals surface area contributed by atoms with Gasteiger partial charge in [0.1, 0.15) is 5.69 Å². The van der Waals surface area contributed by atoms with Gasteiger partial charge in [-0.2, -0.15) is 13.2 Å². The minimum absolute atomic E-state index is 0.0353. The lowest BCUT2D eigenvalue weighted by Crippen LogP contribution is -2.22. The summed E-state index contributed by atoms with van der Waals surface area (Å²) in [6.07, 6.45) is -2.33. The monoisotopic (exact) mass is 435 g/mol. The molecule has 30 heavy (non-hydrogen) atoms. The van der Waals surface area contributed by atoms with E-state index < -0.39 is 23.2 Å². The molecule has 0 radical (unpaired) electrons. The lowest BCUT2D eigenvalue weighted by molar-refractivity contribution is -0.137. The summed E-state index contributed by atoms with van der Waals surface area (Å²) in [5, 5.41) is 2.56. The lowest BCUT2D eigenvalue weighted by atomic mass is 10.1. The molecule has 0 atom stereocenters. The zero-order chi connectivity index (χ0) is 22.1. The largest absolute Gasteiger partial charge is 0.416 e. The average molecular weight is 436 g/mol. The number of halogens is 4. The molecule has 2 aromatic carbocycles. The summed E-state index contributed by atoms with van der Waals surface area (Å²) in [6, 6.07) is 11.7. The molecule has 1 aromatic heterocycles. The maximum atomic E-state index is 12.9. The van der Waals surface area contributed by atoms with Crippen LogP contribution in [0.5, 0.6) is 0 Å². The van der Waals surface area contributed by atoms with Gasteiger partial charge in [0.2, 0.25) is 5.91 Å². The average Bonchev–Trinajstić information content (AvgIpc) is 2.90. The second-order valence-electron chi connectivity index (χ2n) is 6.49. The van der Waals surface area contributed by atoms with E-state index in [-0.39, 0.29) is 16.3 Å². The number of nitrogens with one attached hydrogen (secondary N) is 1. The van der Waals surface area contributed by atoms with E-state index in [1.807, 2.05) is 6.07 Å². The zero-order valence-corrected chi connectivity index (χ0v) is 16.8. The van der Waals surface area contributed by atoms with Crippen LogP contribution in [0.2, 0.25) is 5.02 Å². The summed E-state index contributed by atoms with van der Waals surface area (Å²) in [5.74, 6) is -0.672. The number of para-hydroxylation sites is 1. The van der Waals surface area contributed by atoms with Crippen LogP contribution in [-0.4, -0.2) is 15.3 Å². The third-order valence-electron chi connectivity index (χ3n) is 4.54. The molecule has 0 fully saturated rings. The molecule has 0 spiro atoms. The number of benzene rings is 2. The van der Waals surface area contributed by atoms with Crippen LogP contribution in [0, 0.1) is 6.92 Å². The van der Waals surface area contributed by atoms with Crippen molar-refractivity contribution in [3.63, 3.8) is 0 Å². The number of carbonyl (C=O) groups excluding carboxylic acids is 1. The van der Waals surface area contributed by atoms with Crippen LogP contribution in [0.1, 0.15) is 16.8 Å². The van der Waals surface area contributed by atoms with Crippen molar-refractivity contribution >= 4 is 29.3 Å². The summed E-state index contributed by atoms with van der Waals surface area (Å²) in [5.41, 5.74) is -0.0569. The fourth-order valence-electron chi connectivity index (χ4n) is 2.89. The Bertz CT molecular complexity index is 1180. The summed E-state index contributed by atoms with van der Waals surface area (Å²) >= 11 is 5.93. The number of alkyl halides is 3. The highest BCUT2D eigenvalue weighted by atomic mass is 35.5. The van der Waals surface area contributed by atoms with Crippen LogP contribution in [0.25, 0.3) is 11.8 Å². The summed E-state index contributed by atoms with van der Waals surface area (Å²) in [6.45, 7) is 1.67. The van der Waals surface area contributed by atoms with Gasteiger partial charge < -0.3 is 5.32 Å². The molecule has 0 aliphatic heterocycles. The van der Waals surface area contributed by atoms with E-state index in [1.165, 1.54) is 10.8 Å². The first-order valence-corrected chi connectivity index (χ1v) is 9.17. The van der Waals surface area contributed by atoms with Gasteiger partial charge in [0, 0.05) is 18.1 Å². The molecule has 3 aromatic rings. The van der Waals surface area contributed by atoms with Crippen molar-refractivity contribution in [2.24, 2.45) is 7.05 Å². The van der Waals surface area contributed by atoms with E-state index >= 15 is 0 Å². The zero-order valence-electron chi connectivity index (χ0n) is 16.0. The minimum Gasteiger partial charge on any atom is -0.316 e. The molecular formula is C21H17ClF3N3O2. The van der Waals surface area contributed by atoms with Gasteiger partial charge in [0.15, 0.2) is 0 Å². The summed E-state index contributed by atoms with van der Waals surface area (Å²) < 4.78 is 41.6. The Kier molecular flexibility index (Phi) is 5.89. The predicted octanol–water partition coefficient (Wildman–Crippen LogP) is 4.81. The summed E-state index contributed by atoms with van der Waals surface area (Å²) in [4.78, 5) is 25.1. The Balaban J connectivity index is 1.87. The fraction of sp³-hybridized carbons (Fsp3) is 0.143. The molecule has 3 rings (SSSR count). The normalized spacial score (nSPS) is 11.8. The van der Waals surface area contributed by atoms with Crippen LogP contribution < -0.4 is 10.9 Å². The van der Waals surface area contributed by atoms with Gasteiger partial charge in [-0.1, -0.05) is 29.8 Å². The minimum atomic E-state index is -4.53. The van der Waals surface area contributed by atoms with E-state index in [2.05, 4.69) is 5.32 Å². The highest BCUT2D eigenvalue weighted by Gasteiger charge is 2.30. The third-order valence-corrected chi connectivity index (χ3v) is 4.88. The first kappa shape index (κ1) is 21.4. The SMILES string of the molecule is Cc1c(NC(=O)/C=C/c2cc(C(F)(F)F)ccc2Cl)c(=O)n(-c2ccccc2)n1C. The molecule has 1 N–H and O–H groups in total. The number of rotatable bonds is 4. The molecule has 1 heterocycles. The number of hydrogen-bond donors (Lipinski definition) is 1. The van der Waals surface area contributed by atoms with Crippen molar-refractivity contribution in [2.45, 2.75) is 13.1 Å². The summed E-state index contributed by atoms with van der Waals surface area (Å²) in [7, 11) is 1.68. The Morgan fingerprint density at radius 2 is 1.80 bits per heavy atom. The fourth-order valence-corrected chi connectivity index (χ4v) is 3.07. The number of aromatic nitrogens is 2. The van der Waals surface area contributed by atoms with Gasteiger partial charge in [-0.05, 0) is 48.9 Å². The molecule has 0 unspecified atom stereocenters. The Labute approximate surface area is 175 Å². The Hall–Kier alpha value is -3.26. The second-order valence-corrected chi connectivity index (χ2v) is 6.90. The number of nitrogens with zero attached hydrogens (tertiary/aromatic N) is 2. The molecule has 9 heteroatoms. The molecule has 0 aliphatic rings. The molecule has 156 valence electrons. The molecule has 1 amide bonds. The third kappa shape index (κ3) is 4.33. The molecule has 0 bridgehead atoms. The first-order valence-electron chi connectivity index (χ1n) is 8.79. The standard InChI is InChI=1S/C21H17ClF3N3O2/c1-13-19(20(30)28(27(13)2)16-6-4-3-5-7-16)26-18(29)11-8-14-12-15(21(23,24)25)9-10-17(14)22/h3-12H,1-2H3,(H,26,29)/b11-8+. The van der Waals surface area contributed by atoms with Crippen LogP contribution >= 0.6 is 11.6 Å². The van der Waals surface area contributed by atoms with Crippen molar-refractivity contribution in [1.29, 1.82) is 0 Å². The molecule has 0 saturated carbocycles. The van der Waals surface area contributed by atoms with Crippen LogP contribution in [0.4, 0.5) is 18.9 Å². The van der Waals surface area contributed by atoms with Gasteiger partial charge in [-0.25, -0.2) is 4.68 Å². The maximum absolute atomic E-state index is 12.9. The highest BCUT2D eigenvalue weighted by molar-refractivity contribution is 6.32. The van der Waals surface area contributed by atoms with Crippen molar-refractivity contribution < 1.29 is 18.0 Å². The van der Waals surface area contributed by atoms with Crippen molar-refractivity contribution in [2.75, 3.05) is 5.32 Å². The smallest absolute Gasteiger partial charge is 0.316 e. The van der Waals surface area contributed by atoms with Crippen LogP contribution in [0.15, 0.2) is 59.4 Å². The van der Waals surface area contributed by atoms with E-state index in [4.69, 9.17) is 11.6 Å². The van der Waals surface area contributed by atoms with Crippen LogP contribution in [0.3, 0.4) is 0 Å². The molecular weight excluding hydrogens is 419 g/mol. The van der Waals surface area contributed by atoms with E-state index in [0.29, 0.717) is 11.4 Å². The van der Waals surface area contributed by atoms with Crippen LogP contribution in [-0.2, 0) is 18.0 Å². The quantitative estimate of drug-likeness (QED) is 0.598. The van der Waals surface area contributed by atoms with Crippen molar-refractivity contribution in [3.8, 4) is 5.69 Å². The number of amides is 1. The Morgan fingerprint density at radius 3 is 2.43 bits per heavy atom. The van der Waals surface area contributed by atoms with E-state index in [1.54, 1.807) is 42.9 Å². The van der Waals surface area contributed by atoms with E-state index in [0.717, 1.165) is 24.3 Å². The first-order chi connectivity index (χ1) is 14.1. The number of carbonyl (C=O) groups is 1.